The predicted molar refractivity (Wildman–Crippen MR) is 66.0 cm³/mol. The maximum atomic E-state index is 9.65. The molecule has 0 aromatic heterocycles. The molecule has 2 rings (SSSR count). The zero-order chi connectivity index (χ0) is 11.4. The molecule has 1 heteroatoms. The van der Waals surface area contributed by atoms with Crippen molar-refractivity contribution in [2.45, 2.75) is 38.7 Å². The molecule has 1 N–H and O–H groups in total. The second-order valence-electron chi connectivity index (χ2n) is 4.42. The van der Waals surface area contributed by atoms with E-state index in [0.717, 1.165) is 31.2 Å². The molecule has 0 aliphatic heterocycles. The Morgan fingerprint density at radius 2 is 2.00 bits per heavy atom. The van der Waals surface area contributed by atoms with Gasteiger partial charge in [0.2, 0.25) is 0 Å². The summed E-state index contributed by atoms with van der Waals surface area (Å²) in [7, 11) is 0. The number of aliphatic hydroxyl groups excluding tert-OH is 1. The molecular weight excluding hydrogens is 196 g/mol. The average molecular weight is 214 g/mol. The van der Waals surface area contributed by atoms with Crippen LogP contribution in [0.2, 0.25) is 0 Å². The Morgan fingerprint density at radius 1 is 1.25 bits per heavy atom. The molecule has 0 bridgehead atoms. The molecule has 1 saturated carbocycles. The van der Waals surface area contributed by atoms with Crippen molar-refractivity contribution in [2.24, 2.45) is 5.92 Å². The number of benzene rings is 1. The molecule has 84 valence electrons. The lowest BCUT2D eigenvalue weighted by molar-refractivity contribution is 0.157. The van der Waals surface area contributed by atoms with E-state index in [1.54, 1.807) is 0 Å². The highest BCUT2D eigenvalue weighted by atomic mass is 16.3. The average Bonchev–Trinajstić information content (AvgIpc) is 2.73. The maximum Gasteiger partial charge on any atom is 0.0677 e. The summed E-state index contributed by atoms with van der Waals surface area (Å²) in [5, 5.41) is 9.65. The van der Waals surface area contributed by atoms with Crippen molar-refractivity contribution in [1.82, 2.24) is 0 Å². The Morgan fingerprint density at radius 3 is 2.56 bits per heavy atom. The van der Waals surface area contributed by atoms with Crippen molar-refractivity contribution < 1.29 is 5.11 Å². The molecule has 1 aliphatic carbocycles. The van der Waals surface area contributed by atoms with Crippen molar-refractivity contribution in [3.05, 3.63) is 35.4 Å². The fourth-order valence-electron chi connectivity index (χ4n) is 2.11. The molecule has 16 heavy (non-hydrogen) atoms. The summed E-state index contributed by atoms with van der Waals surface area (Å²) in [4.78, 5) is 0. The Kier molecular flexibility index (Phi) is 3.64. The summed E-state index contributed by atoms with van der Waals surface area (Å²) < 4.78 is 0. The van der Waals surface area contributed by atoms with E-state index in [4.69, 9.17) is 0 Å². The third-order valence-electron chi connectivity index (χ3n) is 3.24. The molecule has 0 saturated heterocycles. The maximum absolute atomic E-state index is 9.65. The van der Waals surface area contributed by atoms with Crippen LogP contribution in [0.3, 0.4) is 0 Å². The van der Waals surface area contributed by atoms with Crippen molar-refractivity contribution in [2.75, 3.05) is 0 Å². The number of hydrogen-bond acceptors (Lipinski definition) is 1. The number of aryl methyl sites for hydroxylation is 1. The van der Waals surface area contributed by atoms with E-state index >= 15 is 0 Å². The molecule has 0 heterocycles. The molecule has 2 atom stereocenters. The second kappa shape index (κ2) is 5.18. The molecular formula is C15H18O. The molecule has 1 aliphatic rings. The van der Waals surface area contributed by atoms with Crippen molar-refractivity contribution in [3.8, 4) is 11.8 Å². The predicted octanol–water partition coefficient (Wildman–Crippen LogP) is 2.76. The monoisotopic (exact) mass is 214 g/mol. The summed E-state index contributed by atoms with van der Waals surface area (Å²) in [6.07, 6.45) is 3.92. The minimum absolute atomic E-state index is 0.186. The van der Waals surface area contributed by atoms with E-state index in [-0.39, 0.29) is 12.0 Å². The van der Waals surface area contributed by atoms with Crippen LogP contribution in [0.5, 0.6) is 0 Å². The highest BCUT2D eigenvalue weighted by Gasteiger charge is 2.22. The summed E-state index contributed by atoms with van der Waals surface area (Å²) in [5.41, 5.74) is 2.39. The van der Waals surface area contributed by atoms with Crippen LogP contribution in [0.25, 0.3) is 0 Å². The van der Waals surface area contributed by atoms with Gasteiger partial charge in [0.25, 0.3) is 0 Å². The Labute approximate surface area is 97.5 Å². The Bertz CT molecular complexity index is 394. The van der Waals surface area contributed by atoms with Crippen LogP contribution in [0.1, 0.15) is 37.3 Å². The van der Waals surface area contributed by atoms with Gasteiger partial charge >= 0.3 is 0 Å². The summed E-state index contributed by atoms with van der Waals surface area (Å²) in [6, 6.07) is 8.37. The van der Waals surface area contributed by atoms with Gasteiger partial charge in [-0.05, 0) is 43.4 Å². The van der Waals surface area contributed by atoms with Gasteiger partial charge in [0, 0.05) is 11.5 Å². The van der Waals surface area contributed by atoms with Gasteiger partial charge < -0.3 is 5.11 Å². The third kappa shape index (κ3) is 2.65. The van der Waals surface area contributed by atoms with E-state index in [0.29, 0.717) is 0 Å². The van der Waals surface area contributed by atoms with E-state index in [1.165, 1.54) is 5.56 Å². The van der Waals surface area contributed by atoms with Crippen LogP contribution >= 0.6 is 0 Å². The summed E-state index contributed by atoms with van der Waals surface area (Å²) >= 11 is 0. The van der Waals surface area contributed by atoms with E-state index < -0.39 is 0 Å². The molecule has 0 unspecified atom stereocenters. The van der Waals surface area contributed by atoms with Gasteiger partial charge in [0.15, 0.2) is 0 Å². The normalized spacial score (nSPS) is 23.9. The van der Waals surface area contributed by atoms with Crippen LogP contribution in [0, 0.1) is 17.8 Å². The lowest BCUT2D eigenvalue weighted by atomic mass is 10.1. The lowest BCUT2D eigenvalue weighted by Crippen LogP contribution is -2.10. The van der Waals surface area contributed by atoms with Gasteiger partial charge in [-0.25, -0.2) is 0 Å². The van der Waals surface area contributed by atoms with Crippen molar-refractivity contribution in [3.63, 3.8) is 0 Å². The molecule has 1 nitrogen and oxygen atoms in total. The molecule has 0 spiro atoms. The first-order chi connectivity index (χ1) is 7.79. The first-order valence-electron chi connectivity index (χ1n) is 6.08. The quantitative estimate of drug-likeness (QED) is 0.713. The lowest BCUT2D eigenvalue weighted by Gasteiger charge is -2.05. The van der Waals surface area contributed by atoms with E-state index in [9.17, 15) is 5.11 Å². The van der Waals surface area contributed by atoms with Gasteiger partial charge in [-0.1, -0.05) is 30.9 Å². The van der Waals surface area contributed by atoms with Crippen LogP contribution in [-0.4, -0.2) is 11.2 Å². The standard InChI is InChI=1S/C15H18O/c1-2-12-6-8-13(9-7-12)10-11-14-4-3-5-15(14)16/h6-9,14-16H,2-5H2,1H3/t14-,15+/m0/s1. The zero-order valence-corrected chi connectivity index (χ0v) is 9.74. The van der Waals surface area contributed by atoms with Gasteiger partial charge in [-0.2, -0.15) is 0 Å². The van der Waals surface area contributed by atoms with Crippen molar-refractivity contribution in [1.29, 1.82) is 0 Å². The smallest absolute Gasteiger partial charge is 0.0677 e. The molecule has 1 aromatic rings. The topological polar surface area (TPSA) is 20.2 Å². The van der Waals surface area contributed by atoms with Crippen LogP contribution in [0.4, 0.5) is 0 Å². The van der Waals surface area contributed by atoms with Gasteiger partial charge in [0.05, 0.1) is 6.10 Å². The molecule has 1 aromatic carbocycles. The fraction of sp³-hybridized carbons (Fsp3) is 0.467. The number of rotatable bonds is 1. The van der Waals surface area contributed by atoms with Gasteiger partial charge in [-0.15, -0.1) is 0 Å². The molecule has 0 radical (unpaired) electrons. The molecule has 1 fully saturated rings. The first kappa shape index (κ1) is 11.2. The minimum atomic E-state index is -0.206. The number of hydrogen-bond donors (Lipinski definition) is 1. The SMILES string of the molecule is CCc1ccc(C#C[C@@H]2CCC[C@H]2O)cc1. The minimum Gasteiger partial charge on any atom is -0.392 e. The van der Waals surface area contributed by atoms with Crippen molar-refractivity contribution >= 4 is 0 Å². The number of aliphatic hydroxyl groups is 1. The highest BCUT2D eigenvalue weighted by molar-refractivity contribution is 5.36. The first-order valence-corrected chi connectivity index (χ1v) is 6.08. The van der Waals surface area contributed by atoms with Gasteiger partial charge in [-0.3, -0.25) is 0 Å². The zero-order valence-electron chi connectivity index (χ0n) is 9.74. The van der Waals surface area contributed by atoms with Crippen LogP contribution in [0.15, 0.2) is 24.3 Å². The Hall–Kier alpha value is -1.26. The second-order valence-corrected chi connectivity index (χ2v) is 4.42. The third-order valence-corrected chi connectivity index (χ3v) is 3.24. The molecule has 0 amide bonds. The van der Waals surface area contributed by atoms with Gasteiger partial charge in [0.1, 0.15) is 0 Å². The van der Waals surface area contributed by atoms with E-state index in [1.807, 2.05) is 0 Å². The summed E-state index contributed by atoms with van der Waals surface area (Å²) in [5.74, 6) is 6.53. The van der Waals surface area contributed by atoms with Crippen LogP contribution < -0.4 is 0 Å². The Balaban J connectivity index is 2.05. The summed E-state index contributed by atoms with van der Waals surface area (Å²) in [6.45, 7) is 2.15. The van der Waals surface area contributed by atoms with E-state index in [2.05, 4.69) is 43.0 Å². The van der Waals surface area contributed by atoms with Crippen LogP contribution in [-0.2, 0) is 6.42 Å². The highest BCUT2D eigenvalue weighted by Crippen LogP contribution is 2.24. The fourth-order valence-corrected chi connectivity index (χ4v) is 2.11. The largest absolute Gasteiger partial charge is 0.392 e.